The third kappa shape index (κ3) is 3.45. The molecule has 1 atom stereocenters. The first-order valence-corrected chi connectivity index (χ1v) is 4.51. The SMILES string of the molecule is C=C(C)N(C)C(CC)CCC. The second-order valence-corrected chi connectivity index (χ2v) is 3.20. The van der Waals surface area contributed by atoms with Crippen molar-refractivity contribution < 1.29 is 0 Å². The van der Waals surface area contributed by atoms with E-state index in [-0.39, 0.29) is 0 Å². The van der Waals surface area contributed by atoms with Gasteiger partial charge < -0.3 is 4.90 Å². The van der Waals surface area contributed by atoms with Crippen LogP contribution in [0.4, 0.5) is 0 Å². The van der Waals surface area contributed by atoms with Crippen LogP contribution >= 0.6 is 0 Å². The molecule has 0 radical (unpaired) electrons. The molecule has 0 fully saturated rings. The van der Waals surface area contributed by atoms with Crippen molar-refractivity contribution >= 4 is 0 Å². The van der Waals surface area contributed by atoms with Gasteiger partial charge in [0.2, 0.25) is 0 Å². The van der Waals surface area contributed by atoms with Gasteiger partial charge in [0.05, 0.1) is 0 Å². The molecule has 11 heavy (non-hydrogen) atoms. The molecule has 0 aliphatic rings. The van der Waals surface area contributed by atoms with Crippen LogP contribution in [0.5, 0.6) is 0 Å². The summed E-state index contributed by atoms with van der Waals surface area (Å²) in [5, 5.41) is 0. The van der Waals surface area contributed by atoms with E-state index in [1.165, 1.54) is 25.0 Å². The van der Waals surface area contributed by atoms with E-state index >= 15 is 0 Å². The summed E-state index contributed by atoms with van der Waals surface area (Å²) in [4.78, 5) is 2.28. The minimum atomic E-state index is 0.692. The summed E-state index contributed by atoms with van der Waals surface area (Å²) in [5.74, 6) is 0. The van der Waals surface area contributed by atoms with Gasteiger partial charge in [0, 0.05) is 18.8 Å². The van der Waals surface area contributed by atoms with Crippen LogP contribution in [-0.2, 0) is 0 Å². The highest BCUT2D eigenvalue weighted by Crippen LogP contribution is 2.12. The summed E-state index contributed by atoms with van der Waals surface area (Å²) >= 11 is 0. The summed E-state index contributed by atoms with van der Waals surface area (Å²) in [6, 6.07) is 0.692. The molecule has 0 spiro atoms. The number of allylic oxidation sites excluding steroid dienone is 1. The first-order chi connectivity index (χ1) is 5.13. The second-order valence-electron chi connectivity index (χ2n) is 3.20. The van der Waals surface area contributed by atoms with E-state index in [0.717, 1.165) is 0 Å². The molecule has 0 aromatic heterocycles. The lowest BCUT2D eigenvalue weighted by molar-refractivity contribution is 0.279. The van der Waals surface area contributed by atoms with Gasteiger partial charge in [0.15, 0.2) is 0 Å². The van der Waals surface area contributed by atoms with Crippen molar-refractivity contribution in [1.29, 1.82) is 0 Å². The molecular weight excluding hydrogens is 134 g/mol. The lowest BCUT2D eigenvalue weighted by Gasteiger charge is -2.28. The van der Waals surface area contributed by atoms with Crippen molar-refractivity contribution in [1.82, 2.24) is 4.90 Å². The van der Waals surface area contributed by atoms with Gasteiger partial charge in [-0.2, -0.15) is 0 Å². The fourth-order valence-corrected chi connectivity index (χ4v) is 1.32. The Balaban J connectivity index is 3.91. The van der Waals surface area contributed by atoms with Crippen LogP contribution < -0.4 is 0 Å². The van der Waals surface area contributed by atoms with Gasteiger partial charge in [0.1, 0.15) is 0 Å². The van der Waals surface area contributed by atoms with E-state index in [1.54, 1.807) is 0 Å². The van der Waals surface area contributed by atoms with Gasteiger partial charge in [-0.25, -0.2) is 0 Å². The Morgan fingerprint density at radius 3 is 2.27 bits per heavy atom. The molecule has 0 aliphatic heterocycles. The molecule has 0 aromatic carbocycles. The summed E-state index contributed by atoms with van der Waals surface area (Å²) in [6.07, 6.45) is 3.76. The van der Waals surface area contributed by atoms with Crippen LogP contribution in [0.15, 0.2) is 12.3 Å². The number of rotatable bonds is 5. The molecule has 0 rings (SSSR count). The van der Waals surface area contributed by atoms with E-state index in [9.17, 15) is 0 Å². The van der Waals surface area contributed by atoms with E-state index in [2.05, 4.69) is 39.3 Å². The van der Waals surface area contributed by atoms with Crippen LogP contribution in [0.3, 0.4) is 0 Å². The van der Waals surface area contributed by atoms with Crippen molar-refractivity contribution in [2.75, 3.05) is 7.05 Å². The predicted octanol–water partition coefficient (Wildman–Crippen LogP) is 3.03. The van der Waals surface area contributed by atoms with Gasteiger partial charge in [-0.3, -0.25) is 0 Å². The average Bonchev–Trinajstić information content (AvgIpc) is 1.98. The average molecular weight is 155 g/mol. The Labute approximate surface area is 71.1 Å². The molecular formula is C10H21N. The van der Waals surface area contributed by atoms with E-state index in [1.807, 2.05) is 0 Å². The lowest BCUT2D eigenvalue weighted by Crippen LogP contribution is -2.28. The van der Waals surface area contributed by atoms with Crippen LogP contribution in [0, 0.1) is 0 Å². The number of hydrogen-bond donors (Lipinski definition) is 0. The maximum absolute atomic E-state index is 3.93. The molecule has 0 aliphatic carbocycles. The lowest BCUT2D eigenvalue weighted by atomic mass is 10.1. The molecule has 0 saturated carbocycles. The van der Waals surface area contributed by atoms with Gasteiger partial charge in [-0.05, 0) is 19.8 Å². The third-order valence-corrected chi connectivity index (χ3v) is 2.24. The maximum atomic E-state index is 3.93. The van der Waals surface area contributed by atoms with Crippen molar-refractivity contribution in [3.63, 3.8) is 0 Å². The predicted molar refractivity (Wildman–Crippen MR) is 51.6 cm³/mol. The Morgan fingerprint density at radius 1 is 1.45 bits per heavy atom. The molecule has 0 heterocycles. The highest BCUT2D eigenvalue weighted by atomic mass is 15.1. The second kappa shape index (κ2) is 5.22. The summed E-state index contributed by atoms with van der Waals surface area (Å²) in [6.45, 7) is 10.5. The first kappa shape index (κ1) is 10.5. The molecule has 1 unspecified atom stereocenters. The Hall–Kier alpha value is -0.460. The fraction of sp³-hybridized carbons (Fsp3) is 0.800. The van der Waals surface area contributed by atoms with E-state index in [4.69, 9.17) is 0 Å². The zero-order valence-electron chi connectivity index (χ0n) is 8.35. The molecule has 0 bridgehead atoms. The summed E-state index contributed by atoms with van der Waals surface area (Å²) < 4.78 is 0. The van der Waals surface area contributed by atoms with Crippen molar-refractivity contribution in [2.24, 2.45) is 0 Å². The van der Waals surface area contributed by atoms with Gasteiger partial charge in [-0.1, -0.05) is 26.8 Å². The van der Waals surface area contributed by atoms with Crippen LogP contribution in [0.1, 0.15) is 40.0 Å². The smallest absolute Gasteiger partial charge is 0.0280 e. The molecule has 0 amide bonds. The first-order valence-electron chi connectivity index (χ1n) is 4.51. The fourth-order valence-electron chi connectivity index (χ4n) is 1.32. The molecule has 0 N–H and O–H groups in total. The molecule has 1 nitrogen and oxygen atoms in total. The largest absolute Gasteiger partial charge is 0.376 e. The van der Waals surface area contributed by atoms with E-state index in [0.29, 0.717) is 6.04 Å². The topological polar surface area (TPSA) is 3.24 Å². The highest BCUT2D eigenvalue weighted by molar-refractivity contribution is 4.89. The van der Waals surface area contributed by atoms with Gasteiger partial charge in [-0.15, -0.1) is 0 Å². The van der Waals surface area contributed by atoms with E-state index < -0.39 is 0 Å². The zero-order valence-corrected chi connectivity index (χ0v) is 8.35. The molecule has 1 heteroatoms. The van der Waals surface area contributed by atoms with Gasteiger partial charge >= 0.3 is 0 Å². The number of nitrogens with zero attached hydrogens (tertiary/aromatic N) is 1. The minimum absolute atomic E-state index is 0.692. The third-order valence-electron chi connectivity index (χ3n) is 2.24. The maximum Gasteiger partial charge on any atom is 0.0280 e. The molecule has 66 valence electrons. The zero-order chi connectivity index (χ0) is 8.85. The quantitative estimate of drug-likeness (QED) is 0.590. The Kier molecular flexibility index (Phi) is 5.01. The van der Waals surface area contributed by atoms with Crippen molar-refractivity contribution in [3.05, 3.63) is 12.3 Å². The Bertz CT molecular complexity index is 118. The number of hydrogen-bond acceptors (Lipinski definition) is 1. The van der Waals surface area contributed by atoms with Crippen LogP contribution in [0.2, 0.25) is 0 Å². The highest BCUT2D eigenvalue weighted by Gasteiger charge is 2.09. The standard InChI is InChI=1S/C10H21N/c1-6-8-10(7-2)11(5)9(3)4/h10H,3,6-8H2,1-2,4-5H3. The monoisotopic (exact) mass is 155 g/mol. The van der Waals surface area contributed by atoms with Crippen LogP contribution in [-0.4, -0.2) is 18.0 Å². The van der Waals surface area contributed by atoms with Crippen molar-refractivity contribution in [3.8, 4) is 0 Å². The normalized spacial score (nSPS) is 12.7. The molecule has 0 aromatic rings. The van der Waals surface area contributed by atoms with Crippen molar-refractivity contribution in [2.45, 2.75) is 46.1 Å². The van der Waals surface area contributed by atoms with Gasteiger partial charge in [0.25, 0.3) is 0 Å². The molecule has 0 saturated heterocycles. The minimum Gasteiger partial charge on any atom is -0.376 e. The summed E-state index contributed by atoms with van der Waals surface area (Å²) in [5.41, 5.74) is 1.17. The summed E-state index contributed by atoms with van der Waals surface area (Å²) in [7, 11) is 2.13. The Morgan fingerprint density at radius 2 is 2.00 bits per heavy atom. The van der Waals surface area contributed by atoms with Crippen LogP contribution in [0.25, 0.3) is 0 Å².